The fourth-order valence-corrected chi connectivity index (χ4v) is 3.37. The normalized spacial score (nSPS) is 21.9. The van der Waals surface area contributed by atoms with Crippen molar-refractivity contribution in [1.82, 2.24) is 30.2 Å². The molecule has 1 saturated carbocycles. The monoisotopic (exact) mass is 330 g/mol. The van der Waals surface area contributed by atoms with E-state index in [0.717, 1.165) is 43.4 Å². The van der Waals surface area contributed by atoms with Crippen molar-refractivity contribution in [2.75, 3.05) is 6.54 Å². The maximum absolute atomic E-state index is 5.41. The van der Waals surface area contributed by atoms with Gasteiger partial charge in [-0.25, -0.2) is 0 Å². The summed E-state index contributed by atoms with van der Waals surface area (Å²) in [5, 5.41) is 16.4. The summed E-state index contributed by atoms with van der Waals surface area (Å²) in [6.07, 6.45) is 4.55. The molecule has 3 heterocycles. The highest BCUT2D eigenvalue weighted by Gasteiger charge is 2.30. The van der Waals surface area contributed by atoms with Crippen LogP contribution in [-0.2, 0) is 13.0 Å². The van der Waals surface area contributed by atoms with Crippen molar-refractivity contribution in [3.05, 3.63) is 23.4 Å². The smallest absolute Gasteiger partial charge is 0.243 e. The van der Waals surface area contributed by atoms with E-state index in [4.69, 9.17) is 4.52 Å². The minimum absolute atomic E-state index is 0.0943. The topological polar surface area (TPSA) is 81.7 Å². The van der Waals surface area contributed by atoms with Crippen LogP contribution in [0.3, 0.4) is 0 Å². The molecule has 2 atom stereocenters. The van der Waals surface area contributed by atoms with Gasteiger partial charge in [-0.15, -0.1) is 10.2 Å². The summed E-state index contributed by atoms with van der Waals surface area (Å²) in [4.78, 5) is 4.54. The van der Waals surface area contributed by atoms with Crippen LogP contribution in [0.1, 0.15) is 81.3 Å². The number of nitrogens with zero attached hydrogens (tertiary/aromatic N) is 5. The zero-order chi connectivity index (χ0) is 16.7. The van der Waals surface area contributed by atoms with Gasteiger partial charge in [-0.05, 0) is 32.1 Å². The van der Waals surface area contributed by atoms with Gasteiger partial charge in [0.15, 0.2) is 5.82 Å². The van der Waals surface area contributed by atoms with E-state index in [-0.39, 0.29) is 6.04 Å². The molecule has 2 aromatic rings. The van der Waals surface area contributed by atoms with Gasteiger partial charge in [0, 0.05) is 31.3 Å². The fraction of sp³-hybridized carbons (Fsp3) is 0.765. The Morgan fingerprint density at radius 2 is 2.04 bits per heavy atom. The zero-order valence-corrected chi connectivity index (χ0v) is 14.7. The minimum Gasteiger partial charge on any atom is -0.338 e. The molecule has 1 aliphatic carbocycles. The van der Waals surface area contributed by atoms with Crippen LogP contribution in [0.2, 0.25) is 0 Å². The maximum Gasteiger partial charge on any atom is 0.243 e. The van der Waals surface area contributed by atoms with Gasteiger partial charge in [0.25, 0.3) is 0 Å². The van der Waals surface area contributed by atoms with E-state index in [1.165, 1.54) is 12.8 Å². The molecule has 1 fully saturated rings. The van der Waals surface area contributed by atoms with E-state index in [1.807, 2.05) is 0 Å². The number of aryl methyl sites for hydroxylation is 1. The van der Waals surface area contributed by atoms with Gasteiger partial charge in [-0.3, -0.25) is 0 Å². The Morgan fingerprint density at radius 3 is 2.79 bits per heavy atom. The standard InChI is InChI=1S/C17H26N6O/c1-10(2)16-21-20-14-7-4-12(9-23(14)16)8-18-11(3)17-19-15(22-24-17)13-5-6-13/h10-13,18H,4-9H2,1-3H3. The molecule has 7 nitrogen and oxygen atoms in total. The molecule has 2 aliphatic rings. The van der Waals surface area contributed by atoms with Crippen LogP contribution in [0.5, 0.6) is 0 Å². The first kappa shape index (κ1) is 15.7. The van der Waals surface area contributed by atoms with Crippen molar-refractivity contribution in [2.45, 2.75) is 70.9 Å². The van der Waals surface area contributed by atoms with Gasteiger partial charge in [0.2, 0.25) is 5.89 Å². The molecule has 2 aromatic heterocycles. The zero-order valence-electron chi connectivity index (χ0n) is 14.7. The lowest BCUT2D eigenvalue weighted by Crippen LogP contribution is -2.32. The first-order valence-electron chi connectivity index (χ1n) is 9.10. The Bertz CT molecular complexity index is 702. The van der Waals surface area contributed by atoms with Crippen LogP contribution < -0.4 is 5.32 Å². The van der Waals surface area contributed by atoms with Crippen molar-refractivity contribution in [3.8, 4) is 0 Å². The van der Waals surface area contributed by atoms with E-state index in [2.05, 4.69) is 51.0 Å². The van der Waals surface area contributed by atoms with Crippen molar-refractivity contribution in [2.24, 2.45) is 5.92 Å². The second kappa shape index (κ2) is 6.27. The SMILES string of the molecule is CC(C)c1nnc2n1CC(CNC(C)c1nc(C3CC3)no1)CC2. The average molecular weight is 330 g/mol. The minimum atomic E-state index is 0.0943. The quantitative estimate of drug-likeness (QED) is 0.876. The molecule has 0 bridgehead atoms. The first-order valence-corrected chi connectivity index (χ1v) is 9.10. The predicted molar refractivity (Wildman–Crippen MR) is 88.6 cm³/mol. The van der Waals surface area contributed by atoms with Crippen LogP contribution in [0.4, 0.5) is 0 Å². The molecule has 7 heteroatoms. The molecule has 130 valence electrons. The molecule has 1 aliphatic heterocycles. The maximum atomic E-state index is 5.41. The lowest BCUT2D eigenvalue weighted by Gasteiger charge is -2.26. The van der Waals surface area contributed by atoms with Gasteiger partial charge >= 0.3 is 0 Å². The average Bonchev–Trinajstić information content (AvgIpc) is 3.15. The van der Waals surface area contributed by atoms with Crippen LogP contribution >= 0.6 is 0 Å². The molecule has 2 unspecified atom stereocenters. The highest BCUT2D eigenvalue weighted by molar-refractivity contribution is 5.05. The molecule has 24 heavy (non-hydrogen) atoms. The second-order valence-corrected chi connectivity index (χ2v) is 7.54. The molecule has 0 spiro atoms. The number of aromatic nitrogens is 5. The lowest BCUT2D eigenvalue weighted by molar-refractivity contribution is 0.298. The number of fused-ring (bicyclic) bond motifs is 1. The first-order chi connectivity index (χ1) is 11.6. The van der Waals surface area contributed by atoms with E-state index >= 15 is 0 Å². The fourth-order valence-electron chi connectivity index (χ4n) is 3.37. The van der Waals surface area contributed by atoms with Gasteiger partial charge in [-0.2, -0.15) is 4.98 Å². The lowest BCUT2D eigenvalue weighted by atomic mass is 9.98. The molecular formula is C17H26N6O. The third kappa shape index (κ3) is 3.09. The largest absolute Gasteiger partial charge is 0.338 e. The Hall–Kier alpha value is -1.76. The van der Waals surface area contributed by atoms with Crippen LogP contribution in [0, 0.1) is 5.92 Å². The summed E-state index contributed by atoms with van der Waals surface area (Å²) in [5.74, 6) is 5.36. The van der Waals surface area contributed by atoms with Gasteiger partial charge in [-0.1, -0.05) is 19.0 Å². The molecular weight excluding hydrogens is 304 g/mol. The molecule has 0 amide bonds. The van der Waals surface area contributed by atoms with Crippen LogP contribution in [0.15, 0.2) is 4.52 Å². The van der Waals surface area contributed by atoms with Gasteiger partial charge in [0.1, 0.15) is 11.6 Å². The van der Waals surface area contributed by atoms with E-state index in [1.54, 1.807) is 0 Å². The Balaban J connectivity index is 1.34. The highest BCUT2D eigenvalue weighted by atomic mass is 16.5. The Morgan fingerprint density at radius 1 is 1.21 bits per heavy atom. The van der Waals surface area contributed by atoms with Gasteiger partial charge in [0.05, 0.1) is 6.04 Å². The Kier molecular flexibility index (Phi) is 4.12. The summed E-state index contributed by atoms with van der Waals surface area (Å²) < 4.78 is 7.72. The molecule has 0 radical (unpaired) electrons. The van der Waals surface area contributed by atoms with Crippen LogP contribution in [-0.4, -0.2) is 31.4 Å². The number of nitrogens with one attached hydrogen (secondary N) is 1. The summed E-state index contributed by atoms with van der Waals surface area (Å²) in [7, 11) is 0. The van der Waals surface area contributed by atoms with Gasteiger partial charge < -0.3 is 14.4 Å². The third-order valence-electron chi connectivity index (χ3n) is 5.07. The van der Waals surface area contributed by atoms with Crippen LogP contribution in [0.25, 0.3) is 0 Å². The third-order valence-corrected chi connectivity index (χ3v) is 5.07. The van der Waals surface area contributed by atoms with Crippen molar-refractivity contribution in [3.63, 3.8) is 0 Å². The second-order valence-electron chi connectivity index (χ2n) is 7.54. The molecule has 0 saturated heterocycles. The number of rotatable bonds is 6. The molecule has 1 N–H and O–H groups in total. The van der Waals surface area contributed by atoms with E-state index in [0.29, 0.717) is 23.6 Å². The molecule has 4 rings (SSSR count). The Labute approximate surface area is 142 Å². The highest BCUT2D eigenvalue weighted by Crippen LogP contribution is 2.38. The predicted octanol–water partition coefficient (Wildman–Crippen LogP) is 2.58. The van der Waals surface area contributed by atoms with Crippen molar-refractivity contribution >= 4 is 0 Å². The summed E-state index contributed by atoms with van der Waals surface area (Å²) in [5.41, 5.74) is 0. The number of hydrogen-bond acceptors (Lipinski definition) is 6. The van der Waals surface area contributed by atoms with Crippen molar-refractivity contribution < 1.29 is 4.52 Å². The number of hydrogen-bond donors (Lipinski definition) is 1. The summed E-state index contributed by atoms with van der Waals surface area (Å²) in [6.45, 7) is 8.38. The summed E-state index contributed by atoms with van der Waals surface area (Å²) in [6, 6.07) is 0.0943. The van der Waals surface area contributed by atoms with E-state index in [9.17, 15) is 0 Å². The summed E-state index contributed by atoms with van der Waals surface area (Å²) >= 11 is 0. The van der Waals surface area contributed by atoms with Crippen molar-refractivity contribution in [1.29, 1.82) is 0 Å². The molecule has 0 aromatic carbocycles. The van der Waals surface area contributed by atoms with E-state index < -0.39 is 0 Å².